The summed E-state index contributed by atoms with van der Waals surface area (Å²) in [6.45, 7) is 0. The molecule has 2 rings (SSSR count). The van der Waals surface area contributed by atoms with Crippen molar-refractivity contribution in [1.82, 2.24) is 0 Å². The summed E-state index contributed by atoms with van der Waals surface area (Å²) in [7, 11) is 0. The Kier molecular flexibility index (Phi) is 1.55. The van der Waals surface area contributed by atoms with E-state index in [9.17, 15) is 0 Å². The molecule has 0 N–H and O–H groups in total. The molecular weight excluding hydrogens is 271 g/mol. The molecule has 0 aliphatic carbocycles. The van der Waals surface area contributed by atoms with Crippen LogP contribution in [0.2, 0.25) is 0 Å². The Hall–Kier alpha value is -0.830. The second-order valence-electron chi connectivity index (χ2n) is 2.56. The molecule has 0 atom stereocenters. The first-order chi connectivity index (χ1) is 8.04. The van der Waals surface area contributed by atoms with Crippen LogP contribution >= 0.6 is 22.6 Å². The molecule has 0 unspecified atom stereocenters. The van der Waals surface area contributed by atoms with Gasteiger partial charge in [-0.2, -0.15) is 0 Å². The van der Waals surface area contributed by atoms with Crippen molar-refractivity contribution in [2.24, 2.45) is 0 Å². The normalized spacial score (nSPS) is 14.2. The van der Waals surface area contributed by atoms with Gasteiger partial charge in [-0.05, 0) is 45.8 Å². The zero-order chi connectivity index (χ0) is 12.6. The summed E-state index contributed by atoms with van der Waals surface area (Å²) >= 11 is 1.84. The van der Waals surface area contributed by atoms with Crippen molar-refractivity contribution in [2.45, 2.75) is 0 Å². The highest BCUT2D eigenvalue weighted by Crippen LogP contribution is 2.19. The summed E-state index contributed by atoms with van der Waals surface area (Å²) < 4.78 is 31.7. The first-order valence-corrected chi connectivity index (χ1v) is 4.93. The standard InChI is InChI=1S/C12H9I/c13-12-8-6-11(7-9-12)10-4-2-1-3-5-10/h1-9H/i6D,7D,8D,9D. The lowest BCUT2D eigenvalue weighted by atomic mass is 10.1. The molecule has 0 radical (unpaired) electrons. The molecule has 2 aromatic rings. The largest absolute Gasteiger partial charge is 0.0634 e. The smallest absolute Gasteiger partial charge is 0.0622 e. The van der Waals surface area contributed by atoms with Gasteiger partial charge in [-0.15, -0.1) is 0 Å². The van der Waals surface area contributed by atoms with E-state index in [1.165, 1.54) is 0 Å². The lowest BCUT2D eigenvalue weighted by Gasteiger charge is -2.00. The van der Waals surface area contributed by atoms with Gasteiger partial charge < -0.3 is 0 Å². The van der Waals surface area contributed by atoms with E-state index in [4.69, 9.17) is 5.48 Å². The third-order valence-electron chi connectivity index (χ3n) is 1.66. The van der Waals surface area contributed by atoms with Crippen LogP contribution in [0.15, 0.2) is 54.5 Å². The Morgan fingerprint density at radius 2 is 1.46 bits per heavy atom. The zero-order valence-electron chi connectivity index (χ0n) is 10.8. The fourth-order valence-corrected chi connectivity index (χ4v) is 1.32. The van der Waals surface area contributed by atoms with E-state index in [0.717, 1.165) is 0 Å². The second kappa shape index (κ2) is 3.92. The molecule has 0 saturated carbocycles. The average Bonchev–Trinajstić information content (AvgIpc) is 2.36. The van der Waals surface area contributed by atoms with Crippen LogP contribution < -0.4 is 0 Å². The summed E-state index contributed by atoms with van der Waals surface area (Å²) in [6, 6.07) is 9.14. The zero-order valence-corrected chi connectivity index (χ0v) is 8.92. The lowest BCUT2D eigenvalue weighted by molar-refractivity contribution is 1.59. The van der Waals surface area contributed by atoms with Crippen LogP contribution in [0.4, 0.5) is 0 Å². The highest BCUT2D eigenvalue weighted by atomic mass is 127. The molecule has 0 spiro atoms. The predicted molar refractivity (Wildman–Crippen MR) is 64.6 cm³/mol. The number of benzene rings is 2. The summed E-state index contributed by atoms with van der Waals surface area (Å²) in [5.41, 5.74) is 1.07. The maximum atomic E-state index is 7.92. The summed E-state index contributed by atoms with van der Waals surface area (Å²) in [4.78, 5) is 0. The molecule has 0 aromatic heterocycles. The van der Waals surface area contributed by atoms with Crippen molar-refractivity contribution >= 4 is 22.6 Å². The van der Waals surface area contributed by atoms with Crippen molar-refractivity contribution in [3.8, 4) is 11.1 Å². The van der Waals surface area contributed by atoms with E-state index in [-0.39, 0.29) is 24.2 Å². The first kappa shape index (κ1) is 5.15. The summed E-state index contributed by atoms with van der Waals surface area (Å²) in [5, 5.41) is 0. The van der Waals surface area contributed by atoms with E-state index in [0.29, 0.717) is 14.7 Å². The number of hydrogen-bond acceptors (Lipinski definition) is 0. The van der Waals surface area contributed by atoms with Crippen LogP contribution in [0.1, 0.15) is 5.48 Å². The molecule has 13 heavy (non-hydrogen) atoms. The molecule has 0 bridgehead atoms. The van der Waals surface area contributed by atoms with Crippen LogP contribution in [0.25, 0.3) is 11.1 Å². The van der Waals surface area contributed by atoms with Crippen LogP contribution in [-0.4, -0.2) is 0 Å². The minimum Gasteiger partial charge on any atom is -0.0622 e. The van der Waals surface area contributed by atoms with Crippen molar-refractivity contribution in [3.63, 3.8) is 0 Å². The monoisotopic (exact) mass is 284 g/mol. The van der Waals surface area contributed by atoms with Gasteiger partial charge in [-0.3, -0.25) is 0 Å². The first-order valence-electron chi connectivity index (χ1n) is 5.85. The van der Waals surface area contributed by atoms with E-state index < -0.39 is 0 Å². The Labute approximate surface area is 97.4 Å². The Morgan fingerprint density at radius 1 is 0.846 bits per heavy atom. The molecule has 0 saturated heterocycles. The number of halogens is 1. The van der Waals surface area contributed by atoms with Crippen LogP contribution in [0, 0.1) is 3.57 Å². The Balaban J connectivity index is 2.80. The maximum Gasteiger partial charge on any atom is 0.0634 e. The van der Waals surface area contributed by atoms with Gasteiger partial charge in [0.05, 0.1) is 5.48 Å². The van der Waals surface area contributed by atoms with Crippen molar-refractivity contribution < 1.29 is 5.48 Å². The average molecular weight is 284 g/mol. The van der Waals surface area contributed by atoms with Gasteiger partial charge >= 0.3 is 0 Å². The van der Waals surface area contributed by atoms with Gasteiger partial charge in [0.15, 0.2) is 0 Å². The molecule has 0 nitrogen and oxygen atoms in total. The molecule has 0 aliphatic rings. The topological polar surface area (TPSA) is 0 Å². The van der Waals surface area contributed by atoms with Gasteiger partial charge in [-0.1, -0.05) is 42.4 Å². The quantitative estimate of drug-likeness (QED) is 0.695. The van der Waals surface area contributed by atoms with Crippen molar-refractivity contribution in [2.75, 3.05) is 0 Å². The highest BCUT2D eigenvalue weighted by Gasteiger charge is 1.94. The minimum absolute atomic E-state index is 0.0154. The number of rotatable bonds is 1. The molecule has 0 amide bonds. The third kappa shape index (κ3) is 2.10. The molecule has 64 valence electrons. The Morgan fingerprint density at radius 3 is 2.08 bits per heavy atom. The third-order valence-corrected chi connectivity index (χ3v) is 2.20. The van der Waals surface area contributed by atoms with Gasteiger partial charge in [0.25, 0.3) is 0 Å². The van der Waals surface area contributed by atoms with Crippen LogP contribution in [0.5, 0.6) is 0 Å². The lowest BCUT2D eigenvalue weighted by Crippen LogP contribution is -1.76. The second-order valence-corrected chi connectivity index (χ2v) is 3.63. The number of hydrogen-bond donors (Lipinski definition) is 0. The molecule has 2 aromatic carbocycles. The van der Waals surface area contributed by atoms with Crippen molar-refractivity contribution in [3.05, 3.63) is 58.1 Å². The van der Waals surface area contributed by atoms with E-state index >= 15 is 0 Å². The highest BCUT2D eigenvalue weighted by molar-refractivity contribution is 14.1. The Bertz CT molecular complexity index is 537. The van der Waals surface area contributed by atoms with Crippen LogP contribution in [-0.2, 0) is 0 Å². The molecule has 1 heteroatoms. The summed E-state index contributed by atoms with van der Waals surface area (Å²) in [6.07, 6.45) is 0. The molecule has 0 aliphatic heterocycles. The van der Waals surface area contributed by atoms with Gasteiger partial charge in [0.2, 0.25) is 0 Å². The fraction of sp³-hybridized carbons (Fsp3) is 0. The SMILES string of the molecule is [2H]c1c([2H])c(-c2ccccc2)c([2H])c([2H])c1I. The molecule has 0 heterocycles. The fourth-order valence-electron chi connectivity index (χ4n) is 1.05. The predicted octanol–water partition coefficient (Wildman–Crippen LogP) is 3.96. The van der Waals surface area contributed by atoms with E-state index in [1.807, 2.05) is 40.8 Å². The van der Waals surface area contributed by atoms with E-state index in [1.54, 1.807) is 12.1 Å². The summed E-state index contributed by atoms with van der Waals surface area (Å²) in [5.74, 6) is 0. The van der Waals surface area contributed by atoms with Gasteiger partial charge in [-0.25, -0.2) is 0 Å². The minimum atomic E-state index is 0.0154. The maximum absolute atomic E-state index is 7.92. The van der Waals surface area contributed by atoms with Gasteiger partial charge in [0.1, 0.15) is 0 Å². The van der Waals surface area contributed by atoms with Crippen LogP contribution in [0.3, 0.4) is 0 Å². The van der Waals surface area contributed by atoms with Gasteiger partial charge in [0, 0.05) is 3.57 Å². The molecule has 0 fully saturated rings. The van der Waals surface area contributed by atoms with Crippen molar-refractivity contribution in [1.29, 1.82) is 0 Å². The molecular formula is C12H9I. The van der Waals surface area contributed by atoms with E-state index in [2.05, 4.69) is 0 Å².